The number of halogens is 4. The third-order valence-electron chi connectivity index (χ3n) is 14.1. The maximum atomic E-state index is 13.5. The molecule has 0 fully saturated rings. The number of imidazole rings is 2. The van der Waals surface area contributed by atoms with Gasteiger partial charge in [-0.05, 0) is 131 Å². The Hall–Kier alpha value is -6.61. The molecule has 0 aliphatic carbocycles. The molecular weight excluding hydrogens is 1090 g/mol. The molecule has 0 spiro atoms. The van der Waals surface area contributed by atoms with Crippen molar-refractivity contribution < 1.29 is 13.6 Å². The molecule has 10 aromatic rings. The lowest BCUT2D eigenvalue weighted by atomic mass is 9.79. The van der Waals surface area contributed by atoms with Gasteiger partial charge in [0.15, 0.2) is 0 Å². The van der Waals surface area contributed by atoms with E-state index in [-0.39, 0.29) is 37.0 Å². The van der Waals surface area contributed by atoms with Gasteiger partial charge < -0.3 is 33.0 Å². The Bertz CT molecular complexity index is 3980. The molecule has 2 atom stereocenters. The fourth-order valence-corrected chi connectivity index (χ4v) is 12.4. The summed E-state index contributed by atoms with van der Waals surface area (Å²) in [5, 5.41) is 7.91. The maximum absolute atomic E-state index is 13.5. The molecule has 4 heterocycles. The van der Waals surface area contributed by atoms with E-state index < -0.39 is 18.7 Å². The van der Waals surface area contributed by atoms with Crippen molar-refractivity contribution in [1.29, 1.82) is 0 Å². The highest BCUT2D eigenvalue weighted by molar-refractivity contribution is 7.53. The zero-order chi connectivity index (χ0) is 55.5. The number of nitrogens with zero attached hydrogens (tertiary/aromatic N) is 6. The molecular formula is C60H57Cl4N8O5P. The number of nitrogens with one attached hydrogen (secondary N) is 1. The van der Waals surface area contributed by atoms with Crippen LogP contribution in [0, 0.1) is 0 Å². The zero-order valence-corrected chi connectivity index (χ0v) is 47.7. The topological polar surface area (TPSA) is 153 Å². The van der Waals surface area contributed by atoms with E-state index in [0.717, 1.165) is 77.7 Å². The lowest BCUT2D eigenvalue weighted by molar-refractivity contribution is 0.219. The summed E-state index contributed by atoms with van der Waals surface area (Å²) in [6.07, 6.45) is 7.22. The molecule has 18 heteroatoms. The minimum atomic E-state index is -3.35. The van der Waals surface area contributed by atoms with Gasteiger partial charge in [0.25, 0.3) is 11.1 Å². The lowest BCUT2D eigenvalue weighted by Crippen LogP contribution is -2.47. The number of nitrogens with two attached hydrogens (primary N) is 1. The Kier molecular flexibility index (Phi) is 16.8. The average molecular weight is 1140 g/mol. The highest BCUT2D eigenvalue weighted by atomic mass is 35.5. The maximum Gasteiger partial charge on any atom is 0.331 e. The van der Waals surface area contributed by atoms with Crippen LogP contribution >= 0.6 is 54.0 Å². The van der Waals surface area contributed by atoms with Crippen molar-refractivity contribution in [2.75, 3.05) is 25.9 Å². The van der Waals surface area contributed by atoms with Crippen molar-refractivity contribution in [3.63, 3.8) is 0 Å². The summed E-state index contributed by atoms with van der Waals surface area (Å²) in [6, 6.07) is 45.4. The molecule has 6 aromatic carbocycles. The monoisotopic (exact) mass is 1140 g/mol. The van der Waals surface area contributed by atoms with Crippen molar-refractivity contribution in [1.82, 2.24) is 33.6 Å². The molecule has 0 aliphatic heterocycles. The number of aryl methyl sites for hydroxylation is 4. The molecule has 4 aromatic heterocycles. The number of fused-ring (bicyclic) bond motifs is 2. The Labute approximate surface area is 472 Å². The van der Waals surface area contributed by atoms with Crippen molar-refractivity contribution >= 4 is 75.8 Å². The summed E-state index contributed by atoms with van der Waals surface area (Å²) in [5.74, 6) is 0. The fourth-order valence-electron chi connectivity index (χ4n) is 10.2. The van der Waals surface area contributed by atoms with Crippen LogP contribution in [0.5, 0.6) is 0 Å². The molecule has 400 valence electrons. The number of rotatable bonds is 16. The number of hydrogen-bond donors (Lipinski definition) is 2. The van der Waals surface area contributed by atoms with Crippen molar-refractivity contribution in [2.45, 2.75) is 24.9 Å². The normalized spacial score (nSPS) is 13.3. The Balaban J connectivity index is 0.000000196. The number of aromatic nitrogens is 6. The van der Waals surface area contributed by atoms with Gasteiger partial charge in [0.2, 0.25) is 0 Å². The van der Waals surface area contributed by atoms with Crippen LogP contribution in [-0.4, -0.2) is 54.2 Å². The van der Waals surface area contributed by atoms with Gasteiger partial charge in [0.1, 0.15) is 11.1 Å². The van der Waals surface area contributed by atoms with Gasteiger partial charge in [0, 0.05) is 77.7 Å². The molecule has 0 aliphatic rings. The van der Waals surface area contributed by atoms with Crippen LogP contribution in [-0.2, 0) is 52.9 Å². The van der Waals surface area contributed by atoms with Crippen LogP contribution in [0.25, 0.3) is 44.1 Å². The summed E-state index contributed by atoms with van der Waals surface area (Å²) in [4.78, 5) is 34.6. The Morgan fingerprint density at radius 3 is 1.46 bits per heavy atom. The van der Waals surface area contributed by atoms with E-state index in [2.05, 4.69) is 21.4 Å². The molecule has 78 heavy (non-hydrogen) atoms. The van der Waals surface area contributed by atoms with E-state index >= 15 is 0 Å². The second-order valence-electron chi connectivity index (χ2n) is 18.8. The van der Waals surface area contributed by atoms with Gasteiger partial charge in [-0.25, -0.2) is 9.97 Å². The molecule has 3 N–H and O–H groups in total. The van der Waals surface area contributed by atoms with Gasteiger partial charge in [-0.2, -0.15) is 0 Å². The van der Waals surface area contributed by atoms with Crippen LogP contribution in [0.15, 0.2) is 180 Å². The highest BCUT2D eigenvalue weighted by Crippen LogP contribution is 2.48. The first-order valence-electron chi connectivity index (χ1n) is 25.1. The highest BCUT2D eigenvalue weighted by Gasteiger charge is 2.40. The largest absolute Gasteiger partial charge is 0.336 e. The predicted molar refractivity (Wildman–Crippen MR) is 316 cm³/mol. The molecule has 0 bridgehead atoms. The second-order valence-corrected chi connectivity index (χ2v) is 22.8. The zero-order valence-electron chi connectivity index (χ0n) is 43.8. The molecule has 13 nitrogen and oxygen atoms in total. The first-order chi connectivity index (χ1) is 37.4. The SMILES string of the molecule is CCOP(=O)(CCN[C@](c1ccc(Cl)cc1)(c1ccc2c(c1)c(-c1cccc(Cl)c1)cc(=O)n2C)c1cncn1C)OCC.Cn1cncc1[C@@](N)(c1ccc(Cl)cc1)c1ccc2c(c1)c(-c1cccc(Cl)c1)cc(=O)n2C. The third-order valence-corrected chi connectivity index (χ3v) is 17.1. The van der Waals surface area contributed by atoms with Crippen molar-refractivity contribution in [2.24, 2.45) is 33.9 Å². The third kappa shape index (κ3) is 11.0. The van der Waals surface area contributed by atoms with Crippen LogP contribution in [0.2, 0.25) is 20.1 Å². The Morgan fingerprint density at radius 2 is 1.00 bits per heavy atom. The van der Waals surface area contributed by atoms with Crippen LogP contribution in [0.4, 0.5) is 0 Å². The molecule has 0 saturated carbocycles. The van der Waals surface area contributed by atoms with Gasteiger partial charge in [-0.1, -0.05) is 107 Å². The number of benzene rings is 6. The molecule has 0 radical (unpaired) electrons. The summed E-state index contributed by atoms with van der Waals surface area (Å²) >= 11 is 25.2. The number of hydrogen-bond acceptors (Lipinski definition) is 9. The first kappa shape index (κ1) is 56.1. The standard InChI is InChI=1S/C33H35Cl2N4O4P.C27H22Cl2N4O/c1-5-42-44(41,43-6-2)17-16-37-33(31-21-36-22-38(31)3,24-10-13-26(34)14-11-24)25-12-15-30-29(19-25)28(20-32(40)39(30)4)23-8-7-9-27(35)18-23;1-32-16-31-15-25(32)27(30,18-6-9-20(28)10-7-18)19-8-11-24-23(13-19)22(14-26(34)33(24)2)17-4-3-5-21(29)12-17/h7-15,18-22,37H,5-6,16-17H2,1-4H3;3-16H,30H2,1-2H3/t33-;27-/m11/s1. The minimum absolute atomic E-state index is 0.0985. The van der Waals surface area contributed by atoms with E-state index in [1.54, 1.807) is 74.1 Å². The van der Waals surface area contributed by atoms with Crippen molar-refractivity contribution in [3.8, 4) is 22.3 Å². The van der Waals surface area contributed by atoms with E-state index in [1.807, 2.05) is 151 Å². The van der Waals surface area contributed by atoms with Crippen LogP contribution < -0.4 is 22.2 Å². The first-order valence-corrected chi connectivity index (χ1v) is 28.3. The fraction of sp³-hybridized carbons (Fsp3) is 0.200. The van der Waals surface area contributed by atoms with Crippen molar-refractivity contribution in [3.05, 3.63) is 245 Å². The van der Waals surface area contributed by atoms with E-state index in [1.165, 1.54) is 0 Å². The second kappa shape index (κ2) is 23.4. The molecule has 0 saturated heterocycles. The van der Waals surface area contributed by atoms with E-state index in [4.69, 9.17) is 61.2 Å². The van der Waals surface area contributed by atoms with Gasteiger partial charge >= 0.3 is 7.60 Å². The van der Waals surface area contributed by atoms with E-state index in [0.29, 0.717) is 20.1 Å². The summed E-state index contributed by atoms with van der Waals surface area (Å²) < 4.78 is 31.8. The smallest absolute Gasteiger partial charge is 0.331 e. The van der Waals surface area contributed by atoms with Gasteiger partial charge in [-0.3, -0.25) is 19.5 Å². The summed E-state index contributed by atoms with van der Waals surface area (Å²) in [5.41, 5.74) is 15.0. The van der Waals surface area contributed by atoms with Gasteiger partial charge in [-0.15, -0.1) is 0 Å². The van der Waals surface area contributed by atoms with E-state index in [9.17, 15) is 14.2 Å². The predicted octanol–water partition coefficient (Wildman–Crippen LogP) is 12.9. The lowest BCUT2D eigenvalue weighted by Gasteiger charge is -2.37. The van der Waals surface area contributed by atoms with Crippen LogP contribution in [0.1, 0.15) is 47.5 Å². The number of pyridine rings is 2. The average Bonchev–Trinajstić information content (AvgIpc) is 4.24. The minimum Gasteiger partial charge on any atom is -0.336 e. The summed E-state index contributed by atoms with van der Waals surface area (Å²) in [7, 11) is 4.03. The molecule has 10 rings (SSSR count). The molecule has 0 unspecified atom stereocenters. The van der Waals surface area contributed by atoms with Crippen LogP contribution in [0.3, 0.4) is 0 Å². The Morgan fingerprint density at radius 1 is 0.551 bits per heavy atom. The van der Waals surface area contributed by atoms with Gasteiger partial charge in [0.05, 0.1) is 66.8 Å². The quantitative estimate of drug-likeness (QED) is 0.0900. The summed E-state index contributed by atoms with van der Waals surface area (Å²) in [6.45, 7) is 4.44. The molecule has 0 amide bonds.